The fraction of sp³-hybridized carbons (Fsp3) is 1.00. The molecule has 3 N–H and O–H groups in total. The lowest BCUT2D eigenvalue weighted by Gasteiger charge is -2.21. The molecule has 0 saturated heterocycles. The molecule has 0 fully saturated rings. The van der Waals surface area contributed by atoms with Crippen molar-refractivity contribution < 1.29 is 8.42 Å². The molecule has 0 bridgehead atoms. The van der Waals surface area contributed by atoms with Gasteiger partial charge in [-0.05, 0) is 27.2 Å². The molecule has 0 spiro atoms. The van der Waals surface area contributed by atoms with E-state index in [0.29, 0.717) is 13.0 Å². The first-order valence-corrected chi connectivity index (χ1v) is 6.19. The Morgan fingerprint density at radius 1 is 1.33 bits per heavy atom. The number of rotatable bonds is 6. The third-order valence-electron chi connectivity index (χ3n) is 1.99. The molecule has 1 atom stereocenters. The molecule has 5 nitrogen and oxygen atoms in total. The quantitative estimate of drug-likeness (QED) is 0.721. The smallest absolute Gasteiger partial charge is 0.279 e. The third kappa shape index (κ3) is 7.08. The Kier molecular flexibility index (Phi) is 8.64. The minimum atomic E-state index is -3.33. The molecule has 0 aliphatic rings. The Balaban J connectivity index is 0. The lowest BCUT2D eigenvalue weighted by molar-refractivity contribution is 0.401. The van der Waals surface area contributed by atoms with Gasteiger partial charge in [0.2, 0.25) is 0 Å². The lowest BCUT2D eigenvalue weighted by Crippen LogP contribution is -2.42. The average molecular weight is 260 g/mol. The average Bonchev–Trinajstić information content (AvgIpc) is 2.01. The first kappa shape index (κ1) is 17.5. The van der Waals surface area contributed by atoms with E-state index in [9.17, 15) is 8.42 Å². The van der Waals surface area contributed by atoms with E-state index < -0.39 is 10.2 Å². The zero-order valence-corrected chi connectivity index (χ0v) is 11.4. The van der Waals surface area contributed by atoms with E-state index in [4.69, 9.17) is 5.73 Å². The van der Waals surface area contributed by atoms with Crippen molar-refractivity contribution in [3.63, 3.8) is 0 Å². The Bertz CT molecular complexity index is 255. The van der Waals surface area contributed by atoms with Crippen LogP contribution in [0.3, 0.4) is 0 Å². The van der Waals surface area contributed by atoms with E-state index >= 15 is 0 Å². The lowest BCUT2D eigenvalue weighted by atomic mass is 10.3. The van der Waals surface area contributed by atoms with Crippen molar-refractivity contribution in [3.05, 3.63) is 0 Å². The third-order valence-corrected chi connectivity index (χ3v) is 3.74. The molecule has 0 radical (unpaired) electrons. The van der Waals surface area contributed by atoms with Crippen molar-refractivity contribution in [2.75, 3.05) is 13.6 Å². The summed E-state index contributed by atoms with van der Waals surface area (Å²) in [5.74, 6) is 0. The van der Waals surface area contributed by atoms with Crippen LogP contribution in [0.2, 0.25) is 0 Å². The maximum atomic E-state index is 11.5. The van der Waals surface area contributed by atoms with Crippen LogP contribution in [0.5, 0.6) is 0 Å². The maximum Gasteiger partial charge on any atom is 0.279 e. The summed E-state index contributed by atoms with van der Waals surface area (Å²) < 4.78 is 26.8. The zero-order valence-electron chi connectivity index (χ0n) is 9.73. The Morgan fingerprint density at radius 3 is 2.13 bits per heavy atom. The summed E-state index contributed by atoms with van der Waals surface area (Å²) in [7, 11) is -1.77. The summed E-state index contributed by atoms with van der Waals surface area (Å²) in [5, 5.41) is 0. The zero-order chi connectivity index (χ0) is 11.4. The maximum absolute atomic E-state index is 11.5. The van der Waals surface area contributed by atoms with Gasteiger partial charge in [0.15, 0.2) is 0 Å². The molecule has 0 heterocycles. The van der Waals surface area contributed by atoms with Crippen molar-refractivity contribution in [2.45, 2.75) is 39.3 Å². The fourth-order valence-corrected chi connectivity index (χ4v) is 1.93. The number of halogens is 1. The van der Waals surface area contributed by atoms with E-state index in [-0.39, 0.29) is 24.5 Å². The van der Waals surface area contributed by atoms with Crippen molar-refractivity contribution in [2.24, 2.45) is 5.73 Å². The number of nitrogens with two attached hydrogens (primary N) is 1. The molecule has 94 valence electrons. The highest BCUT2D eigenvalue weighted by atomic mass is 35.5. The van der Waals surface area contributed by atoms with Gasteiger partial charge >= 0.3 is 0 Å². The first-order chi connectivity index (χ1) is 6.27. The molecule has 0 aromatic rings. The molecule has 15 heavy (non-hydrogen) atoms. The molecule has 0 amide bonds. The van der Waals surface area contributed by atoms with Gasteiger partial charge < -0.3 is 5.73 Å². The SMILES string of the molecule is CC(N)CCNS(=O)(=O)N(C)C(C)C.Cl. The topological polar surface area (TPSA) is 75.4 Å². The minimum absolute atomic E-state index is 0. The Morgan fingerprint density at radius 2 is 1.80 bits per heavy atom. The van der Waals surface area contributed by atoms with E-state index in [2.05, 4.69) is 4.72 Å². The summed E-state index contributed by atoms with van der Waals surface area (Å²) >= 11 is 0. The molecular weight excluding hydrogens is 238 g/mol. The van der Waals surface area contributed by atoms with E-state index in [1.165, 1.54) is 4.31 Å². The van der Waals surface area contributed by atoms with Crippen LogP contribution in [0.25, 0.3) is 0 Å². The second-order valence-electron chi connectivity index (χ2n) is 3.78. The molecule has 1 unspecified atom stereocenters. The van der Waals surface area contributed by atoms with Gasteiger partial charge in [-0.15, -0.1) is 12.4 Å². The molecule has 0 aliphatic heterocycles. The van der Waals surface area contributed by atoms with Gasteiger partial charge in [-0.1, -0.05) is 0 Å². The van der Waals surface area contributed by atoms with E-state index in [1.54, 1.807) is 7.05 Å². The summed E-state index contributed by atoms with van der Waals surface area (Å²) in [6.07, 6.45) is 0.644. The first-order valence-electron chi connectivity index (χ1n) is 4.75. The van der Waals surface area contributed by atoms with Crippen LogP contribution in [0, 0.1) is 0 Å². The van der Waals surface area contributed by atoms with Gasteiger partial charge in [-0.2, -0.15) is 12.7 Å². The Labute approximate surface area is 99.0 Å². The van der Waals surface area contributed by atoms with Gasteiger partial charge in [-0.3, -0.25) is 0 Å². The van der Waals surface area contributed by atoms with E-state index in [1.807, 2.05) is 20.8 Å². The monoisotopic (exact) mass is 259 g/mol. The highest BCUT2D eigenvalue weighted by Crippen LogP contribution is 2.00. The fourth-order valence-electron chi connectivity index (χ4n) is 0.795. The normalized spacial score (nSPS) is 14.1. The standard InChI is InChI=1S/C8H21N3O2S.ClH/c1-7(2)11(4)14(12,13)10-6-5-8(3)9;/h7-8,10H,5-6,9H2,1-4H3;1H. The minimum Gasteiger partial charge on any atom is -0.328 e. The molecule has 0 aliphatic carbocycles. The van der Waals surface area contributed by atoms with Gasteiger partial charge in [0.1, 0.15) is 0 Å². The van der Waals surface area contributed by atoms with Crippen LogP contribution in [0.4, 0.5) is 0 Å². The predicted molar refractivity (Wildman–Crippen MR) is 65.3 cm³/mol. The highest BCUT2D eigenvalue weighted by molar-refractivity contribution is 7.87. The molecule has 7 heteroatoms. The largest absolute Gasteiger partial charge is 0.328 e. The van der Waals surface area contributed by atoms with Crippen molar-refractivity contribution >= 4 is 22.6 Å². The molecular formula is C8H22ClN3O2S. The highest BCUT2D eigenvalue weighted by Gasteiger charge is 2.19. The van der Waals surface area contributed by atoms with Crippen LogP contribution in [-0.4, -0.2) is 38.4 Å². The van der Waals surface area contributed by atoms with Crippen LogP contribution in [-0.2, 0) is 10.2 Å². The van der Waals surface area contributed by atoms with Crippen molar-refractivity contribution in [1.29, 1.82) is 0 Å². The summed E-state index contributed by atoms with van der Waals surface area (Å²) in [5.41, 5.74) is 5.51. The van der Waals surface area contributed by atoms with Gasteiger partial charge in [-0.25, -0.2) is 4.72 Å². The predicted octanol–water partition coefficient (Wildman–Crippen LogP) is 0.320. The molecule has 0 rings (SSSR count). The van der Waals surface area contributed by atoms with Crippen molar-refractivity contribution in [3.8, 4) is 0 Å². The number of hydrogen-bond acceptors (Lipinski definition) is 3. The van der Waals surface area contributed by atoms with E-state index in [0.717, 1.165) is 0 Å². The summed E-state index contributed by atoms with van der Waals surface area (Å²) in [6, 6.07) is -0.0233. The van der Waals surface area contributed by atoms with Gasteiger partial charge in [0, 0.05) is 25.7 Å². The summed E-state index contributed by atoms with van der Waals surface area (Å²) in [4.78, 5) is 0. The molecule has 0 aromatic carbocycles. The number of hydrogen-bond donors (Lipinski definition) is 2. The Hall–Kier alpha value is 0.120. The van der Waals surface area contributed by atoms with Gasteiger partial charge in [0.25, 0.3) is 10.2 Å². The van der Waals surface area contributed by atoms with Crippen LogP contribution >= 0.6 is 12.4 Å². The second kappa shape index (κ2) is 7.40. The van der Waals surface area contributed by atoms with Gasteiger partial charge in [0.05, 0.1) is 0 Å². The van der Waals surface area contributed by atoms with Crippen molar-refractivity contribution in [1.82, 2.24) is 9.03 Å². The second-order valence-corrected chi connectivity index (χ2v) is 5.59. The molecule has 0 aromatic heterocycles. The summed E-state index contributed by atoms with van der Waals surface area (Å²) in [6.45, 7) is 5.88. The number of nitrogens with one attached hydrogen (secondary N) is 1. The van der Waals surface area contributed by atoms with Crippen LogP contribution in [0.1, 0.15) is 27.2 Å². The van der Waals surface area contributed by atoms with Crippen LogP contribution in [0.15, 0.2) is 0 Å². The van der Waals surface area contributed by atoms with Crippen LogP contribution < -0.4 is 10.5 Å². The number of nitrogens with zero attached hydrogens (tertiary/aromatic N) is 1. The molecule has 0 saturated carbocycles.